The highest BCUT2D eigenvalue weighted by atomic mass is 16.1. The Hall–Kier alpha value is -2.15. The maximum atomic E-state index is 12.4. The predicted molar refractivity (Wildman–Crippen MR) is 82.3 cm³/mol. The summed E-state index contributed by atoms with van der Waals surface area (Å²) in [4.78, 5) is 12.4. The first-order valence-electron chi connectivity index (χ1n) is 7.17. The Bertz CT molecular complexity index is 611. The van der Waals surface area contributed by atoms with E-state index < -0.39 is 0 Å². The Morgan fingerprint density at radius 2 is 1.60 bits per heavy atom. The highest BCUT2D eigenvalue weighted by Crippen LogP contribution is 2.30. The van der Waals surface area contributed by atoms with Gasteiger partial charge in [0.05, 0.1) is 0 Å². The summed E-state index contributed by atoms with van der Waals surface area (Å²) >= 11 is 0. The third-order valence-corrected chi connectivity index (χ3v) is 3.91. The summed E-state index contributed by atoms with van der Waals surface area (Å²) in [6.07, 6.45) is 4.80. The number of hydrogen-bond acceptors (Lipinski definition) is 1. The fraction of sp³-hybridized carbons (Fsp3) is 0.211. The molecule has 1 nitrogen and oxygen atoms in total. The zero-order valence-corrected chi connectivity index (χ0v) is 11.5. The van der Waals surface area contributed by atoms with Gasteiger partial charge >= 0.3 is 0 Å². The van der Waals surface area contributed by atoms with Crippen molar-refractivity contribution in [3.05, 3.63) is 77.4 Å². The minimum Gasteiger partial charge on any atom is -0.294 e. The molecule has 1 aliphatic rings. The molecule has 1 fully saturated rings. The SMILES string of the molecule is O=C1/C(=C/c2ccccc2)CC[C@@H]1Cc1ccccc1. The van der Waals surface area contributed by atoms with E-state index >= 15 is 0 Å². The van der Waals surface area contributed by atoms with Crippen LogP contribution in [0.15, 0.2) is 66.2 Å². The molecule has 1 aliphatic carbocycles. The van der Waals surface area contributed by atoms with E-state index in [1.54, 1.807) is 0 Å². The summed E-state index contributed by atoms with van der Waals surface area (Å²) in [5.74, 6) is 0.491. The van der Waals surface area contributed by atoms with Crippen molar-refractivity contribution in [3.63, 3.8) is 0 Å². The van der Waals surface area contributed by atoms with Gasteiger partial charge in [-0.3, -0.25) is 4.79 Å². The van der Waals surface area contributed by atoms with Crippen LogP contribution >= 0.6 is 0 Å². The lowest BCUT2D eigenvalue weighted by atomic mass is 9.96. The van der Waals surface area contributed by atoms with Crippen molar-refractivity contribution in [2.75, 3.05) is 0 Å². The third kappa shape index (κ3) is 2.88. The van der Waals surface area contributed by atoms with Crippen molar-refractivity contribution < 1.29 is 4.79 Å². The number of Topliss-reactive ketones (excluding diaryl/α,β-unsaturated/α-hetero) is 1. The monoisotopic (exact) mass is 262 g/mol. The van der Waals surface area contributed by atoms with Crippen LogP contribution in [0.25, 0.3) is 6.08 Å². The largest absolute Gasteiger partial charge is 0.294 e. The summed E-state index contributed by atoms with van der Waals surface area (Å²) in [5.41, 5.74) is 3.36. The van der Waals surface area contributed by atoms with Gasteiger partial charge in [-0.1, -0.05) is 60.7 Å². The molecule has 0 saturated heterocycles. The van der Waals surface area contributed by atoms with Crippen molar-refractivity contribution in [3.8, 4) is 0 Å². The van der Waals surface area contributed by atoms with Crippen molar-refractivity contribution in [1.29, 1.82) is 0 Å². The van der Waals surface area contributed by atoms with Crippen molar-refractivity contribution in [2.24, 2.45) is 5.92 Å². The van der Waals surface area contributed by atoms with Gasteiger partial charge in [0.1, 0.15) is 0 Å². The van der Waals surface area contributed by atoms with Gasteiger partial charge in [-0.2, -0.15) is 0 Å². The van der Waals surface area contributed by atoms with Crippen LogP contribution in [0.4, 0.5) is 0 Å². The zero-order chi connectivity index (χ0) is 13.8. The number of carbonyl (C=O) groups is 1. The molecular formula is C19H18O. The van der Waals surface area contributed by atoms with Gasteiger partial charge in [-0.25, -0.2) is 0 Å². The summed E-state index contributed by atoms with van der Waals surface area (Å²) in [5, 5.41) is 0. The minimum atomic E-state index is 0.160. The van der Waals surface area contributed by atoms with Crippen LogP contribution in [0.1, 0.15) is 24.0 Å². The molecule has 0 aromatic heterocycles. The van der Waals surface area contributed by atoms with Crippen molar-refractivity contribution >= 4 is 11.9 Å². The van der Waals surface area contributed by atoms with E-state index in [1.807, 2.05) is 54.6 Å². The number of carbonyl (C=O) groups excluding carboxylic acids is 1. The Morgan fingerprint density at radius 3 is 2.30 bits per heavy atom. The molecule has 0 heterocycles. The second-order valence-electron chi connectivity index (χ2n) is 5.37. The second kappa shape index (κ2) is 5.87. The number of allylic oxidation sites excluding steroid dienone is 1. The van der Waals surface area contributed by atoms with E-state index in [4.69, 9.17) is 0 Å². The van der Waals surface area contributed by atoms with Crippen LogP contribution in [0, 0.1) is 5.92 Å². The number of hydrogen-bond donors (Lipinski definition) is 0. The first kappa shape index (κ1) is 12.9. The van der Waals surface area contributed by atoms with E-state index in [0.29, 0.717) is 5.78 Å². The Morgan fingerprint density at radius 1 is 0.950 bits per heavy atom. The van der Waals surface area contributed by atoms with Gasteiger partial charge in [0, 0.05) is 5.92 Å². The van der Waals surface area contributed by atoms with Crippen molar-refractivity contribution in [1.82, 2.24) is 0 Å². The molecule has 2 aromatic carbocycles. The number of ketones is 1. The maximum Gasteiger partial charge on any atom is 0.162 e. The molecule has 0 radical (unpaired) electrons. The van der Waals surface area contributed by atoms with Crippen molar-refractivity contribution in [2.45, 2.75) is 19.3 Å². The minimum absolute atomic E-state index is 0.160. The summed E-state index contributed by atoms with van der Waals surface area (Å²) < 4.78 is 0. The lowest BCUT2D eigenvalue weighted by molar-refractivity contribution is -0.117. The molecule has 0 aliphatic heterocycles. The average Bonchev–Trinajstić information content (AvgIpc) is 2.83. The average molecular weight is 262 g/mol. The standard InChI is InChI=1S/C19H18O/c20-19-17(13-15-7-3-1-4-8-15)11-12-18(19)14-16-9-5-2-6-10-16/h1-10,13,18H,11-12,14H2/b17-13+/t18-/m1/s1. The van der Waals surface area contributed by atoms with Gasteiger partial charge in [0.2, 0.25) is 0 Å². The first-order chi connectivity index (χ1) is 9.83. The number of rotatable bonds is 3. The smallest absolute Gasteiger partial charge is 0.162 e. The van der Waals surface area contributed by atoms with Gasteiger partial charge in [-0.15, -0.1) is 0 Å². The molecular weight excluding hydrogens is 244 g/mol. The fourth-order valence-electron chi connectivity index (χ4n) is 2.83. The molecule has 2 aromatic rings. The topological polar surface area (TPSA) is 17.1 Å². The van der Waals surface area contributed by atoms with E-state index in [2.05, 4.69) is 12.1 Å². The summed E-state index contributed by atoms with van der Waals surface area (Å²) in [6, 6.07) is 20.4. The molecule has 0 N–H and O–H groups in total. The lowest BCUT2D eigenvalue weighted by Gasteiger charge is -2.07. The molecule has 1 atom stereocenters. The van der Waals surface area contributed by atoms with Crippen LogP contribution in [0.5, 0.6) is 0 Å². The van der Waals surface area contributed by atoms with Crippen LogP contribution in [-0.4, -0.2) is 5.78 Å². The molecule has 1 heteroatoms. The van der Waals surface area contributed by atoms with Gasteiger partial charge in [-0.05, 0) is 42.0 Å². The Balaban J connectivity index is 1.73. The van der Waals surface area contributed by atoms with E-state index in [1.165, 1.54) is 5.56 Å². The quantitative estimate of drug-likeness (QED) is 0.754. The van der Waals surface area contributed by atoms with Gasteiger partial charge < -0.3 is 0 Å². The van der Waals surface area contributed by atoms with Crippen LogP contribution < -0.4 is 0 Å². The van der Waals surface area contributed by atoms with Gasteiger partial charge in [0.25, 0.3) is 0 Å². The summed E-state index contributed by atoms with van der Waals surface area (Å²) in [6.45, 7) is 0. The molecule has 0 spiro atoms. The lowest BCUT2D eigenvalue weighted by Crippen LogP contribution is -2.10. The predicted octanol–water partition coefficient (Wildman–Crippen LogP) is 4.29. The molecule has 1 saturated carbocycles. The maximum absolute atomic E-state index is 12.4. The highest BCUT2D eigenvalue weighted by Gasteiger charge is 2.28. The summed E-state index contributed by atoms with van der Waals surface area (Å²) in [7, 11) is 0. The molecule has 100 valence electrons. The Labute approximate surface area is 120 Å². The van der Waals surface area contributed by atoms with E-state index in [0.717, 1.165) is 30.4 Å². The molecule has 0 unspecified atom stereocenters. The molecule has 0 bridgehead atoms. The number of benzene rings is 2. The Kier molecular flexibility index (Phi) is 3.78. The van der Waals surface area contributed by atoms with E-state index in [9.17, 15) is 4.79 Å². The van der Waals surface area contributed by atoms with Crippen LogP contribution in [-0.2, 0) is 11.2 Å². The molecule has 20 heavy (non-hydrogen) atoms. The van der Waals surface area contributed by atoms with Gasteiger partial charge in [0.15, 0.2) is 5.78 Å². The highest BCUT2D eigenvalue weighted by molar-refractivity contribution is 6.03. The van der Waals surface area contributed by atoms with Crippen LogP contribution in [0.3, 0.4) is 0 Å². The second-order valence-corrected chi connectivity index (χ2v) is 5.37. The zero-order valence-electron chi connectivity index (χ0n) is 11.5. The fourth-order valence-corrected chi connectivity index (χ4v) is 2.83. The normalized spacial score (nSPS) is 20.5. The first-order valence-corrected chi connectivity index (χ1v) is 7.17. The molecule has 3 rings (SSSR count). The van der Waals surface area contributed by atoms with E-state index in [-0.39, 0.29) is 5.92 Å². The van der Waals surface area contributed by atoms with Crippen LogP contribution in [0.2, 0.25) is 0 Å². The third-order valence-electron chi connectivity index (χ3n) is 3.91. The molecule has 0 amide bonds.